The second-order valence-corrected chi connectivity index (χ2v) is 7.13. The van der Waals surface area contributed by atoms with E-state index in [2.05, 4.69) is 19.9 Å². The van der Waals surface area contributed by atoms with Crippen LogP contribution in [0.2, 0.25) is 5.15 Å². The lowest BCUT2D eigenvalue weighted by molar-refractivity contribution is 1.18. The molecule has 0 aromatic carbocycles. The van der Waals surface area contributed by atoms with E-state index in [4.69, 9.17) is 22.1 Å². The van der Waals surface area contributed by atoms with Crippen molar-refractivity contribution in [3.05, 3.63) is 98.9 Å². The predicted octanol–water partition coefficient (Wildman–Crippen LogP) is 4.59. The zero-order valence-electron chi connectivity index (χ0n) is 17.3. The van der Waals surface area contributed by atoms with Crippen LogP contribution in [0, 0.1) is 36.5 Å². The van der Waals surface area contributed by atoms with Crippen molar-refractivity contribution in [3.8, 4) is 34.7 Å². The molecule has 0 aliphatic carbocycles. The van der Waals surface area contributed by atoms with E-state index in [0.717, 1.165) is 22.4 Å². The number of nitrogens with one attached hydrogen (secondary N) is 1. The third kappa shape index (κ3) is 5.04. The molecular weight excluding hydrogens is 424 g/mol. The van der Waals surface area contributed by atoms with E-state index in [1.165, 1.54) is 0 Å². The molecule has 4 rings (SSSR count). The molecule has 156 valence electrons. The van der Waals surface area contributed by atoms with Gasteiger partial charge in [-0.2, -0.15) is 10.5 Å². The van der Waals surface area contributed by atoms with E-state index >= 15 is 0 Å². The minimum absolute atomic E-state index is 0.160. The summed E-state index contributed by atoms with van der Waals surface area (Å²) in [5.41, 5.74) is 4.84. The van der Waals surface area contributed by atoms with Gasteiger partial charge in [-0.1, -0.05) is 11.6 Å². The zero-order chi connectivity index (χ0) is 23.1. The maximum atomic E-state index is 11.6. The third-order valence-electron chi connectivity index (χ3n) is 4.56. The molecule has 0 radical (unpaired) electrons. The van der Waals surface area contributed by atoms with Gasteiger partial charge in [0.2, 0.25) is 0 Å². The van der Waals surface area contributed by atoms with E-state index in [1.807, 2.05) is 43.3 Å². The lowest BCUT2D eigenvalue weighted by Crippen LogP contribution is -2.12. The van der Waals surface area contributed by atoms with Crippen molar-refractivity contribution in [2.24, 2.45) is 0 Å². The van der Waals surface area contributed by atoms with Crippen molar-refractivity contribution in [1.82, 2.24) is 19.9 Å². The molecule has 0 saturated carbocycles. The Morgan fingerprint density at radius 2 is 1.50 bits per heavy atom. The Morgan fingerprint density at radius 3 is 2.00 bits per heavy atom. The van der Waals surface area contributed by atoms with Gasteiger partial charge in [-0.25, -0.2) is 4.98 Å². The first-order valence-electron chi connectivity index (χ1n) is 9.46. The summed E-state index contributed by atoms with van der Waals surface area (Å²) in [6, 6.07) is 14.9. The fourth-order valence-corrected chi connectivity index (χ4v) is 3.22. The first-order valence-corrected chi connectivity index (χ1v) is 9.84. The quantitative estimate of drug-likeness (QED) is 0.455. The molecule has 0 atom stereocenters. The summed E-state index contributed by atoms with van der Waals surface area (Å²) in [4.78, 5) is 26.4. The summed E-state index contributed by atoms with van der Waals surface area (Å²) in [5.74, 6) is 0. The molecule has 0 amide bonds. The highest BCUT2D eigenvalue weighted by molar-refractivity contribution is 6.30. The molecule has 0 aliphatic rings. The Morgan fingerprint density at radius 1 is 0.906 bits per heavy atom. The number of aromatic nitrogens is 4. The minimum Gasteiger partial charge on any atom is -0.321 e. The van der Waals surface area contributed by atoms with Crippen LogP contribution in [0.5, 0.6) is 0 Å². The van der Waals surface area contributed by atoms with Crippen LogP contribution in [0.1, 0.15) is 22.3 Å². The first kappa shape index (κ1) is 22.4. The number of rotatable bonds is 2. The molecule has 4 aromatic rings. The Labute approximate surface area is 189 Å². The largest absolute Gasteiger partial charge is 0.321 e. The van der Waals surface area contributed by atoms with Gasteiger partial charge < -0.3 is 4.98 Å². The molecule has 1 N–H and O–H groups in total. The van der Waals surface area contributed by atoms with Crippen LogP contribution in [0.3, 0.4) is 0 Å². The van der Waals surface area contributed by atoms with Crippen molar-refractivity contribution in [1.29, 1.82) is 10.5 Å². The van der Waals surface area contributed by atoms with Crippen LogP contribution in [0.15, 0.2) is 66.0 Å². The van der Waals surface area contributed by atoms with Crippen LogP contribution in [-0.4, -0.2) is 19.9 Å². The van der Waals surface area contributed by atoms with E-state index in [-0.39, 0.29) is 16.3 Å². The van der Waals surface area contributed by atoms with E-state index in [9.17, 15) is 4.79 Å². The van der Waals surface area contributed by atoms with E-state index < -0.39 is 0 Å². The highest BCUT2D eigenvalue weighted by atomic mass is 35.5. The number of halogens is 1. The summed E-state index contributed by atoms with van der Waals surface area (Å²) in [6.07, 6.45) is 6.74. The molecule has 0 bridgehead atoms. The van der Waals surface area contributed by atoms with Gasteiger partial charge in [-0.15, -0.1) is 0 Å². The van der Waals surface area contributed by atoms with Crippen LogP contribution in [0.4, 0.5) is 0 Å². The number of nitriles is 2. The second-order valence-electron chi connectivity index (χ2n) is 6.77. The molecule has 0 aliphatic heterocycles. The molecule has 0 saturated heterocycles. The highest BCUT2D eigenvalue weighted by Crippen LogP contribution is 2.23. The van der Waals surface area contributed by atoms with Gasteiger partial charge in [-0.05, 0) is 61.4 Å². The highest BCUT2D eigenvalue weighted by Gasteiger charge is 2.09. The topological polar surface area (TPSA) is 119 Å². The average molecular weight is 441 g/mol. The van der Waals surface area contributed by atoms with Gasteiger partial charge >= 0.3 is 0 Å². The Kier molecular flexibility index (Phi) is 7.07. The molecule has 0 fully saturated rings. The van der Waals surface area contributed by atoms with Crippen LogP contribution in [-0.2, 0) is 0 Å². The van der Waals surface area contributed by atoms with Gasteiger partial charge in [-0.3, -0.25) is 14.8 Å². The minimum atomic E-state index is -0.360. The summed E-state index contributed by atoms with van der Waals surface area (Å²) >= 11 is 5.93. The lowest BCUT2D eigenvalue weighted by Gasteiger charge is -2.04. The van der Waals surface area contributed by atoms with Crippen molar-refractivity contribution >= 4 is 11.6 Å². The van der Waals surface area contributed by atoms with Crippen LogP contribution in [0.25, 0.3) is 22.5 Å². The Bertz CT molecular complexity index is 1360. The summed E-state index contributed by atoms with van der Waals surface area (Å²) < 4.78 is 0. The number of nitrogens with zero attached hydrogens (tertiary/aromatic N) is 5. The van der Waals surface area contributed by atoms with Gasteiger partial charge in [0.15, 0.2) is 0 Å². The van der Waals surface area contributed by atoms with Gasteiger partial charge in [0.25, 0.3) is 5.56 Å². The Balaban J connectivity index is 0.000000181. The average Bonchev–Trinajstić information content (AvgIpc) is 2.80. The predicted molar refractivity (Wildman–Crippen MR) is 122 cm³/mol. The fraction of sp³-hybridized carbons (Fsp3) is 0.0833. The molecule has 4 heterocycles. The Hall–Kier alpha value is -4.33. The standard InChI is InChI=1S/C12H8ClN3.C12H9N3O/c1-8-5-11(9-3-2-4-15-7-9)16-12(13)10(8)6-14;1-8-5-11(9-3-2-4-14-7-9)15-12(16)10(8)6-13/h2-5,7H,1H3;2-5,7H,1H3,(H,15,16). The molecular formula is C24H17ClN6O. The molecule has 0 unspecified atom stereocenters. The van der Waals surface area contributed by atoms with Crippen molar-refractivity contribution in [2.45, 2.75) is 13.8 Å². The molecule has 4 aromatic heterocycles. The van der Waals surface area contributed by atoms with Crippen molar-refractivity contribution < 1.29 is 0 Å². The number of aromatic amines is 1. The lowest BCUT2D eigenvalue weighted by atomic mass is 10.1. The SMILES string of the molecule is Cc1cc(-c2cccnc2)[nH]c(=O)c1C#N.Cc1cc(-c2cccnc2)nc(Cl)c1C#N. The van der Waals surface area contributed by atoms with Crippen molar-refractivity contribution in [3.63, 3.8) is 0 Å². The molecule has 32 heavy (non-hydrogen) atoms. The number of H-pyrrole nitrogens is 1. The van der Waals surface area contributed by atoms with E-state index in [1.54, 1.807) is 43.8 Å². The molecule has 7 nitrogen and oxygen atoms in total. The van der Waals surface area contributed by atoms with Gasteiger partial charge in [0.05, 0.1) is 17.0 Å². The summed E-state index contributed by atoms with van der Waals surface area (Å²) in [7, 11) is 0. The monoisotopic (exact) mass is 440 g/mol. The maximum absolute atomic E-state index is 11.6. The smallest absolute Gasteiger partial charge is 0.266 e. The number of hydrogen-bond donors (Lipinski definition) is 1. The summed E-state index contributed by atoms with van der Waals surface area (Å²) in [5, 5.41) is 17.9. The van der Waals surface area contributed by atoms with Crippen molar-refractivity contribution in [2.75, 3.05) is 0 Å². The maximum Gasteiger partial charge on any atom is 0.266 e. The first-order chi connectivity index (χ1) is 15.4. The number of pyridine rings is 4. The number of hydrogen-bond acceptors (Lipinski definition) is 6. The molecule has 0 spiro atoms. The second kappa shape index (κ2) is 10.1. The molecule has 8 heteroatoms. The van der Waals surface area contributed by atoms with Crippen LogP contribution >= 0.6 is 11.6 Å². The normalized spacial score (nSPS) is 9.78. The van der Waals surface area contributed by atoms with E-state index in [0.29, 0.717) is 16.8 Å². The summed E-state index contributed by atoms with van der Waals surface area (Å²) in [6.45, 7) is 3.58. The number of aryl methyl sites for hydroxylation is 2. The fourth-order valence-electron chi connectivity index (χ4n) is 2.94. The third-order valence-corrected chi connectivity index (χ3v) is 4.83. The van der Waals surface area contributed by atoms with Gasteiger partial charge in [0.1, 0.15) is 22.9 Å². The van der Waals surface area contributed by atoms with Gasteiger partial charge in [0, 0.05) is 35.9 Å². The van der Waals surface area contributed by atoms with Crippen LogP contribution < -0.4 is 5.56 Å². The zero-order valence-corrected chi connectivity index (χ0v) is 18.1.